The molecule has 1 heterocycles. The zero-order chi connectivity index (χ0) is 14.1. The summed E-state index contributed by atoms with van der Waals surface area (Å²) < 4.78 is 17.0. The van der Waals surface area contributed by atoms with E-state index < -0.39 is 0 Å². The number of halogens is 2. The van der Waals surface area contributed by atoms with Gasteiger partial charge in [0.2, 0.25) is 0 Å². The number of aromatic nitrogens is 2. The summed E-state index contributed by atoms with van der Waals surface area (Å²) in [6.07, 6.45) is 1.79. The molecule has 0 spiro atoms. The molecule has 0 atom stereocenters. The first-order valence-electron chi connectivity index (χ1n) is 5.98. The molecule has 5 heteroatoms. The van der Waals surface area contributed by atoms with Crippen LogP contribution in [0.1, 0.15) is 0 Å². The largest absolute Gasteiger partial charge is 0.336 e. The molecular weight excluding hydrogens is 339 g/mol. The highest BCUT2D eigenvalue weighted by Crippen LogP contribution is 2.29. The Labute approximate surface area is 129 Å². The van der Waals surface area contributed by atoms with Gasteiger partial charge in [0.05, 0.1) is 11.4 Å². The Hall–Kier alpha value is -1.72. The van der Waals surface area contributed by atoms with E-state index in [1.165, 1.54) is 6.07 Å². The second kappa shape index (κ2) is 5.34. The van der Waals surface area contributed by atoms with Crippen molar-refractivity contribution in [1.82, 2.24) is 9.55 Å². The predicted octanol–water partition coefficient (Wildman–Crippen LogP) is 5.10. The van der Waals surface area contributed by atoms with Crippen LogP contribution in [-0.4, -0.2) is 9.55 Å². The number of hydrogen-bond donors (Lipinski definition) is 1. The SMILES string of the molecule is Fc1cccc(Br)c1-n1c(-c2ccccc2)c[nH]c1=S. The van der Waals surface area contributed by atoms with Crippen LogP contribution in [0.15, 0.2) is 59.2 Å². The summed E-state index contributed by atoms with van der Waals surface area (Å²) in [6, 6.07) is 14.6. The quantitative estimate of drug-likeness (QED) is 0.638. The van der Waals surface area contributed by atoms with E-state index in [1.807, 2.05) is 30.3 Å². The lowest BCUT2D eigenvalue weighted by molar-refractivity contribution is 0.616. The molecule has 3 aromatic rings. The van der Waals surface area contributed by atoms with Crippen molar-refractivity contribution < 1.29 is 4.39 Å². The summed E-state index contributed by atoms with van der Waals surface area (Å²) in [6.45, 7) is 0. The average molecular weight is 349 g/mol. The second-order valence-corrected chi connectivity index (χ2v) is 5.49. The molecule has 0 unspecified atom stereocenters. The molecule has 0 saturated heterocycles. The molecule has 100 valence electrons. The standard InChI is InChI=1S/C15H10BrFN2S/c16-11-7-4-8-12(17)14(11)19-13(9-18-15(19)20)10-5-2-1-3-6-10/h1-9H,(H,18,20). The van der Waals surface area contributed by atoms with Gasteiger partial charge in [0, 0.05) is 16.2 Å². The molecule has 0 aliphatic carbocycles. The van der Waals surface area contributed by atoms with Crippen LogP contribution in [0.2, 0.25) is 0 Å². The Morgan fingerprint density at radius 1 is 1.05 bits per heavy atom. The molecule has 0 fully saturated rings. The van der Waals surface area contributed by atoms with Gasteiger partial charge in [-0.25, -0.2) is 4.39 Å². The molecule has 3 rings (SSSR count). The zero-order valence-corrected chi connectivity index (χ0v) is 12.7. The van der Waals surface area contributed by atoms with Crippen molar-refractivity contribution in [3.8, 4) is 16.9 Å². The van der Waals surface area contributed by atoms with Crippen molar-refractivity contribution >= 4 is 28.1 Å². The minimum absolute atomic E-state index is 0.327. The maximum absolute atomic E-state index is 14.2. The van der Waals surface area contributed by atoms with Crippen LogP contribution in [0.5, 0.6) is 0 Å². The molecule has 0 bridgehead atoms. The Balaban J connectivity index is 2.31. The number of hydrogen-bond acceptors (Lipinski definition) is 1. The van der Waals surface area contributed by atoms with Crippen LogP contribution in [0.4, 0.5) is 4.39 Å². The Morgan fingerprint density at radius 2 is 1.80 bits per heavy atom. The molecule has 2 nitrogen and oxygen atoms in total. The summed E-state index contributed by atoms with van der Waals surface area (Å²) in [5.41, 5.74) is 2.20. The van der Waals surface area contributed by atoms with Crippen LogP contribution < -0.4 is 0 Å². The molecule has 1 N–H and O–H groups in total. The van der Waals surface area contributed by atoms with E-state index in [-0.39, 0.29) is 5.82 Å². The fourth-order valence-electron chi connectivity index (χ4n) is 2.11. The monoisotopic (exact) mass is 348 g/mol. The van der Waals surface area contributed by atoms with Crippen molar-refractivity contribution in [3.05, 3.63) is 69.8 Å². The number of aromatic amines is 1. The third kappa shape index (κ3) is 2.23. The molecule has 0 saturated carbocycles. The van der Waals surface area contributed by atoms with Crippen molar-refractivity contribution in [2.75, 3.05) is 0 Å². The Kier molecular flexibility index (Phi) is 3.54. The number of nitrogens with zero attached hydrogens (tertiary/aromatic N) is 1. The molecule has 1 aromatic heterocycles. The number of benzene rings is 2. The first-order chi connectivity index (χ1) is 9.68. The van der Waals surface area contributed by atoms with E-state index in [2.05, 4.69) is 20.9 Å². The van der Waals surface area contributed by atoms with Crippen LogP contribution in [0.3, 0.4) is 0 Å². The van der Waals surface area contributed by atoms with Gasteiger partial charge in [-0.15, -0.1) is 0 Å². The highest BCUT2D eigenvalue weighted by Gasteiger charge is 2.14. The Morgan fingerprint density at radius 3 is 2.50 bits per heavy atom. The van der Waals surface area contributed by atoms with Gasteiger partial charge < -0.3 is 4.98 Å². The van der Waals surface area contributed by atoms with Gasteiger partial charge in [0.1, 0.15) is 5.82 Å². The second-order valence-electron chi connectivity index (χ2n) is 4.25. The first-order valence-corrected chi connectivity index (χ1v) is 7.19. The minimum atomic E-state index is -0.327. The van der Waals surface area contributed by atoms with Gasteiger partial charge in [-0.3, -0.25) is 4.57 Å². The lowest BCUT2D eigenvalue weighted by atomic mass is 10.1. The molecule has 0 aliphatic rings. The van der Waals surface area contributed by atoms with Gasteiger partial charge in [0.25, 0.3) is 0 Å². The Bertz CT molecular complexity index is 788. The van der Waals surface area contributed by atoms with Gasteiger partial charge >= 0.3 is 0 Å². The molecular formula is C15H10BrFN2S. The van der Waals surface area contributed by atoms with Crippen LogP contribution in [-0.2, 0) is 0 Å². The summed E-state index contributed by atoms with van der Waals surface area (Å²) in [4.78, 5) is 2.98. The van der Waals surface area contributed by atoms with Crippen LogP contribution in [0.25, 0.3) is 16.9 Å². The predicted molar refractivity (Wildman–Crippen MR) is 84.0 cm³/mol. The van der Waals surface area contributed by atoms with E-state index in [0.29, 0.717) is 14.9 Å². The smallest absolute Gasteiger partial charge is 0.182 e. The number of para-hydroxylation sites is 1. The lowest BCUT2D eigenvalue weighted by Crippen LogP contribution is -2.01. The molecule has 20 heavy (non-hydrogen) atoms. The van der Waals surface area contributed by atoms with Crippen molar-refractivity contribution in [2.24, 2.45) is 0 Å². The fourth-order valence-corrected chi connectivity index (χ4v) is 2.88. The third-order valence-electron chi connectivity index (χ3n) is 3.01. The van der Waals surface area contributed by atoms with E-state index in [9.17, 15) is 4.39 Å². The maximum Gasteiger partial charge on any atom is 0.182 e. The van der Waals surface area contributed by atoms with Gasteiger partial charge in [-0.1, -0.05) is 36.4 Å². The van der Waals surface area contributed by atoms with E-state index in [0.717, 1.165) is 11.3 Å². The zero-order valence-electron chi connectivity index (χ0n) is 10.3. The minimum Gasteiger partial charge on any atom is -0.336 e. The van der Waals surface area contributed by atoms with Gasteiger partial charge in [0.15, 0.2) is 4.77 Å². The topological polar surface area (TPSA) is 20.7 Å². The maximum atomic E-state index is 14.2. The van der Waals surface area contributed by atoms with Gasteiger partial charge in [-0.05, 0) is 40.3 Å². The highest BCUT2D eigenvalue weighted by molar-refractivity contribution is 9.10. The first kappa shape index (κ1) is 13.3. The van der Waals surface area contributed by atoms with Crippen molar-refractivity contribution in [2.45, 2.75) is 0 Å². The number of nitrogens with one attached hydrogen (secondary N) is 1. The van der Waals surface area contributed by atoms with Crippen molar-refractivity contribution in [1.29, 1.82) is 0 Å². The number of H-pyrrole nitrogens is 1. The third-order valence-corrected chi connectivity index (χ3v) is 3.95. The summed E-state index contributed by atoms with van der Waals surface area (Å²) in [7, 11) is 0. The lowest BCUT2D eigenvalue weighted by Gasteiger charge is -2.11. The van der Waals surface area contributed by atoms with E-state index in [1.54, 1.807) is 22.9 Å². The summed E-state index contributed by atoms with van der Waals surface area (Å²) >= 11 is 8.68. The van der Waals surface area contributed by atoms with Crippen LogP contribution >= 0.6 is 28.1 Å². The van der Waals surface area contributed by atoms with Crippen molar-refractivity contribution in [3.63, 3.8) is 0 Å². The fraction of sp³-hybridized carbons (Fsp3) is 0. The highest BCUT2D eigenvalue weighted by atomic mass is 79.9. The average Bonchev–Trinajstić information content (AvgIpc) is 2.82. The molecule has 0 radical (unpaired) electrons. The molecule has 2 aromatic carbocycles. The number of imidazole rings is 1. The summed E-state index contributed by atoms with van der Waals surface area (Å²) in [5, 5.41) is 0. The van der Waals surface area contributed by atoms with Gasteiger partial charge in [-0.2, -0.15) is 0 Å². The summed E-state index contributed by atoms with van der Waals surface area (Å²) in [5.74, 6) is -0.327. The molecule has 0 amide bonds. The van der Waals surface area contributed by atoms with Crippen LogP contribution in [0, 0.1) is 10.6 Å². The normalized spacial score (nSPS) is 10.7. The van der Waals surface area contributed by atoms with E-state index >= 15 is 0 Å². The van der Waals surface area contributed by atoms with E-state index in [4.69, 9.17) is 12.2 Å². The molecule has 0 aliphatic heterocycles. The number of rotatable bonds is 2.